The molecule has 21 heavy (non-hydrogen) atoms. The Labute approximate surface area is 118 Å². The van der Waals surface area contributed by atoms with Crippen molar-refractivity contribution in [1.82, 2.24) is 15.1 Å². The Morgan fingerprint density at radius 3 is 2.81 bits per heavy atom. The molecule has 0 aromatic carbocycles. The number of hydrogen-bond donors (Lipinski definition) is 1. The topological polar surface area (TPSA) is 77.8 Å². The van der Waals surface area contributed by atoms with E-state index < -0.39 is 11.8 Å². The highest BCUT2D eigenvalue weighted by atomic mass is 19.2. The third kappa shape index (κ3) is 2.71. The Balaban J connectivity index is 1.85. The van der Waals surface area contributed by atoms with Gasteiger partial charge in [0.25, 0.3) is 0 Å². The van der Waals surface area contributed by atoms with Crippen LogP contribution in [-0.2, 0) is 6.42 Å². The zero-order valence-corrected chi connectivity index (χ0v) is 10.8. The quantitative estimate of drug-likeness (QED) is 0.749. The molecule has 0 atom stereocenters. The van der Waals surface area contributed by atoms with Crippen molar-refractivity contribution in [2.75, 3.05) is 5.73 Å². The van der Waals surface area contributed by atoms with Crippen LogP contribution in [0.5, 0.6) is 0 Å². The molecule has 3 heterocycles. The average molecular weight is 288 g/mol. The van der Waals surface area contributed by atoms with E-state index in [4.69, 9.17) is 10.3 Å². The molecule has 0 radical (unpaired) electrons. The Morgan fingerprint density at radius 2 is 2.05 bits per heavy atom. The lowest BCUT2D eigenvalue weighted by Crippen LogP contribution is -1.95. The molecule has 3 aromatic heterocycles. The second kappa shape index (κ2) is 5.28. The van der Waals surface area contributed by atoms with Crippen LogP contribution in [0.2, 0.25) is 0 Å². The summed E-state index contributed by atoms with van der Waals surface area (Å²) in [5.41, 5.74) is 7.43. The second-order valence-electron chi connectivity index (χ2n) is 4.41. The molecule has 7 heteroatoms. The smallest absolute Gasteiger partial charge is 0.248 e. The van der Waals surface area contributed by atoms with E-state index in [1.165, 1.54) is 6.20 Å². The third-order valence-electron chi connectivity index (χ3n) is 2.90. The maximum Gasteiger partial charge on any atom is 0.248 e. The van der Waals surface area contributed by atoms with Crippen molar-refractivity contribution in [3.63, 3.8) is 0 Å². The molecule has 0 fully saturated rings. The number of hydrogen-bond acceptors (Lipinski definition) is 5. The van der Waals surface area contributed by atoms with Crippen molar-refractivity contribution in [3.8, 4) is 11.3 Å². The monoisotopic (exact) mass is 288 g/mol. The minimum atomic E-state index is -1.12. The summed E-state index contributed by atoms with van der Waals surface area (Å²) in [6.45, 7) is 0. The molecule has 0 amide bonds. The van der Waals surface area contributed by atoms with Crippen molar-refractivity contribution in [2.24, 2.45) is 0 Å². The molecule has 0 aliphatic heterocycles. The lowest BCUT2D eigenvalue weighted by molar-refractivity contribution is 0.425. The zero-order valence-electron chi connectivity index (χ0n) is 10.8. The highest BCUT2D eigenvalue weighted by molar-refractivity contribution is 5.69. The Morgan fingerprint density at radius 1 is 1.19 bits per heavy atom. The van der Waals surface area contributed by atoms with Crippen LogP contribution < -0.4 is 5.73 Å². The van der Waals surface area contributed by atoms with E-state index in [9.17, 15) is 8.78 Å². The Bertz CT molecular complexity index is 788. The highest BCUT2D eigenvalue weighted by Crippen LogP contribution is 2.25. The lowest BCUT2D eigenvalue weighted by Gasteiger charge is -1.98. The van der Waals surface area contributed by atoms with Crippen molar-refractivity contribution < 1.29 is 13.3 Å². The molecule has 0 saturated carbocycles. The van der Waals surface area contributed by atoms with Crippen molar-refractivity contribution in [2.45, 2.75) is 6.42 Å². The van der Waals surface area contributed by atoms with E-state index >= 15 is 0 Å². The number of nitrogens with two attached hydrogens (primary N) is 1. The van der Waals surface area contributed by atoms with Crippen LogP contribution in [0.1, 0.15) is 11.3 Å². The SMILES string of the molecule is Nc1ncccc1-c1cc(Cc2cnc(F)c(F)c2)no1. The molecule has 0 aliphatic rings. The molecule has 106 valence electrons. The van der Waals surface area contributed by atoms with Gasteiger partial charge in [0, 0.05) is 24.9 Å². The average Bonchev–Trinajstić information content (AvgIpc) is 2.92. The first kappa shape index (κ1) is 13.2. The van der Waals surface area contributed by atoms with E-state index in [2.05, 4.69) is 15.1 Å². The summed E-state index contributed by atoms with van der Waals surface area (Å²) >= 11 is 0. The fraction of sp³-hybridized carbons (Fsp3) is 0.0714. The molecule has 3 aromatic rings. The fourth-order valence-corrected chi connectivity index (χ4v) is 1.91. The minimum Gasteiger partial charge on any atom is -0.383 e. The van der Waals surface area contributed by atoms with E-state index in [1.807, 2.05) is 0 Å². The van der Waals surface area contributed by atoms with Crippen LogP contribution in [0, 0.1) is 11.8 Å². The second-order valence-corrected chi connectivity index (χ2v) is 4.41. The zero-order chi connectivity index (χ0) is 14.8. The van der Waals surface area contributed by atoms with Gasteiger partial charge in [0.15, 0.2) is 11.6 Å². The summed E-state index contributed by atoms with van der Waals surface area (Å²) in [5.74, 6) is -1.32. The van der Waals surface area contributed by atoms with Crippen LogP contribution in [0.25, 0.3) is 11.3 Å². The molecule has 0 bridgehead atoms. The Hall–Kier alpha value is -2.83. The standard InChI is InChI=1S/C14H10F2N4O/c15-11-5-8(7-19-13(11)16)4-9-6-12(21-20-9)10-2-1-3-18-14(10)17/h1-3,5-7H,4H2,(H2,17,18). The molecule has 0 spiro atoms. The van der Waals surface area contributed by atoms with E-state index in [-0.39, 0.29) is 6.42 Å². The number of rotatable bonds is 3. The van der Waals surface area contributed by atoms with Crippen LogP contribution >= 0.6 is 0 Å². The maximum absolute atomic E-state index is 13.1. The van der Waals surface area contributed by atoms with Gasteiger partial charge in [0.05, 0.1) is 11.3 Å². The van der Waals surface area contributed by atoms with Gasteiger partial charge in [-0.15, -0.1) is 0 Å². The first-order chi connectivity index (χ1) is 10.1. The summed E-state index contributed by atoms with van der Waals surface area (Å²) < 4.78 is 31.1. The molecule has 0 unspecified atom stereocenters. The molecule has 3 rings (SSSR count). The van der Waals surface area contributed by atoms with Crippen LogP contribution in [-0.4, -0.2) is 15.1 Å². The van der Waals surface area contributed by atoms with Gasteiger partial charge in [-0.05, 0) is 23.8 Å². The van der Waals surface area contributed by atoms with E-state index in [1.54, 1.807) is 24.4 Å². The van der Waals surface area contributed by atoms with Crippen LogP contribution in [0.3, 0.4) is 0 Å². The van der Waals surface area contributed by atoms with Crippen molar-refractivity contribution in [3.05, 3.63) is 59.7 Å². The normalized spacial score (nSPS) is 10.8. The Kier molecular flexibility index (Phi) is 3.31. The first-order valence-electron chi connectivity index (χ1n) is 6.10. The predicted octanol–water partition coefficient (Wildman–Crippen LogP) is 2.58. The number of nitrogen functional groups attached to an aromatic ring is 1. The molecular weight excluding hydrogens is 278 g/mol. The van der Waals surface area contributed by atoms with Crippen molar-refractivity contribution >= 4 is 5.82 Å². The predicted molar refractivity (Wildman–Crippen MR) is 71.1 cm³/mol. The highest BCUT2D eigenvalue weighted by Gasteiger charge is 2.12. The van der Waals surface area contributed by atoms with Crippen LogP contribution in [0.15, 0.2) is 41.2 Å². The summed E-state index contributed by atoms with van der Waals surface area (Å²) in [6, 6.07) is 6.24. The van der Waals surface area contributed by atoms with Gasteiger partial charge in [-0.25, -0.2) is 14.4 Å². The number of nitrogens with zero attached hydrogens (tertiary/aromatic N) is 3. The van der Waals surface area contributed by atoms with Gasteiger partial charge < -0.3 is 10.3 Å². The van der Waals surface area contributed by atoms with E-state index in [0.29, 0.717) is 28.4 Å². The first-order valence-corrected chi connectivity index (χ1v) is 6.10. The maximum atomic E-state index is 13.1. The number of anilines is 1. The van der Waals surface area contributed by atoms with Gasteiger partial charge in [-0.2, -0.15) is 4.39 Å². The minimum absolute atomic E-state index is 0.272. The molecule has 2 N–H and O–H groups in total. The van der Waals surface area contributed by atoms with Gasteiger partial charge in [0.2, 0.25) is 5.95 Å². The van der Waals surface area contributed by atoms with Crippen LogP contribution in [0.4, 0.5) is 14.6 Å². The lowest BCUT2D eigenvalue weighted by atomic mass is 10.1. The molecule has 5 nitrogen and oxygen atoms in total. The largest absolute Gasteiger partial charge is 0.383 e. The summed E-state index contributed by atoms with van der Waals surface area (Å²) in [4.78, 5) is 7.28. The summed E-state index contributed by atoms with van der Waals surface area (Å²) in [5, 5.41) is 3.88. The molecule has 0 saturated heterocycles. The fourth-order valence-electron chi connectivity index (χ4n) is 1.91. The van der Waals surface area contributed by atoms with E-state index in [0.717, 1.165) is 6.07 Å². The summed E-state index contributed by atoms with van der Waals surface area (Å²) in [6.07, 6.45) is 3.10. The van der Waals surface area contributed by atoms with Crippen molar-refractivity contribution in [1.29, 1.82) is 0 Å². The van der Waals surface area contributed by atoms with Gasteiger partial charge in [-0.1, -0.05) is 5.16 Å². The number of halogens is 2. The molecular formula is C14H10F2N4O. The van der Waals surface area contributed by atoms with Gasteiger partial charge in [-0.3, -0.25) is 0 Å². The summed E-state index contributed by atoms with van der Waals surface area (Å²) in [7, 11) is 0. The number of aromatic nitrogens is 3. The third-order valence-corrected chi connectivity index (χ3v) is 2.90. The molecule has 0 aliphatic carbocycles. The van der Waals surface area contributed by atoms with Gasteiger partial charge >= 0.3 is 0 Å². The van der Waals surface area contributed by atoms with Gasteiger partial charge in [0.1, 0.15) is 5.82 Å². The number of pyridine rings is 2.